The van der Waals surface area contributed by atoms with E-state index in [4.69, 9.17) is 10.5 Å². The largest absolute Gasteiger partial charge is 0.476 e. The molecule has 0 radical (unpaired) electrons. The predicted molar refractivity (Wildman–Crippen MR) is 55.1 cm³/mol. The third-order valence-corrected chi connectivity index (χ3v) is 1.86. The SMILES string of the molecule is CCOc1nc(N)cc2cccnc12. The van der Waals surface area contributed by atoms with Crippen LogP contribution in [0.4, 0.5) is 5.82 Å². The Hall–Kier alpha value is -1.84. The lowest BCUT2D eigenvalue weighted by atomic mass is 10.2. The van der Waals surface area contributed by atoms with Crippen molar-refractivity contribution in [3.05, 3.63) is 24.4 Å². The maximum atomic E-state index is 5.64. The van der Waals surface area contributed by atoms with E-state index in [-0.39, 0.29) is 0 Å². The van der Waals surface area contributed by atoms with Gasteiger partial charge in [0, 0.05) is 11.6 Å². The Morgan fingerprint density at radius 2 is 2.36 bits per heavy atom. The first-order chi connectivity index (χ1) is 6.81. The van der Waals surface area contributed by atoms with E-state index < -0.39 is 0 Å². The second-order valence-electron chi connectivity index (χ2n) is 2.86. The fraction of sp³-hybridized carbons (Fsp3) is 0.200. The Balaban J connectivity index is 2.67. The lowest BCUT2D eigenvalue weighted by molar-refractivity contribution is 0.331. The average molecular weight is 189 g/mol. The molecule has 2 N–H and O–H groups in total. The van der Waals surface area contributed by atoms with Gasteiger partial charge in [-0.25, -0.2) is 0 Å². The Bertz CT molecular complexity index is 456. The number of rotatable bonds is 2. The molecule has 4 heteroatoms. The molecule has 0 bridgehead atoms. The van der Waals surface area contributed by atoms with Crippen LogP contribution in [0.1, 0.15) is 6.92 Å². The van der Waals surface area contributed by atoms with Gasteiger partial charge in [0.2, 0.25) is 5.88 Å². The van der Waals surface area contributed by atoms with Crippen LogP contribution in [0.2, 0.25) is 0 Å². The van der Waals surface area contributed by atoms with Gasteiger partial charge in [0.25, 0.3) is 0 Å². The summed E-state index contributed by atoms with van der Waals surface area (Å²) in [4.78, 5) is 8.28. The van der Waals surface area contributed by atoms with Crippen LogP contribution in [-0.4, -0.2) is 16.6 Å². The topological polar surface area (TPSA) is 61.0 Å². The number of pyridine rings is 2. The Kier molecular flexibility index (Phi) is 2.18. The van der Waals surface area contributed by atoms with Gasteiger partial charge in [0.1, 0.15) is 11.3 Å². The molecule has 72 valence electrons. The van der Waals surface area contributed by atoms with E-state index in [1.807, 2.05) is 19.1 Å². The molecular formula is C10H11N3O. The molecule has 0 fully saturated rings. The standard InChI is InChI=1S/C10H11N3O/c1-2-14-10-9-7(4-3-5-12-9)6-8(11)13-10/h3-6H,2H2,1H3,(H2,11,13). The number of nitrogen functional groups attached to an aromatic ring is 1. The zero-order chi connectivity index (χ0) is 9.97. The number of hydrogen-bond donors (Lipinski definition) is 1. The molecule has 0 saturated carbocycles. The molecule has 0 unspecified atom stereocenters. The van der Waals surface area contributed by atoms with E-state index in [0.717, 1.165) is 10.9 Å². The fourth-order valence-electron chi connectivity index (χ4n) is 1.31. The minimum atomic E-state index is 0.453. The molecule has 0 aromatic carbocycles. The van der Waals surface area contributed by atoms with Crippen molar-refractivity contribution < 1.29 is 4.74 Å². The number of nitrogens with two attached hydrogens (primary N) is 1. The van der Waals surface area contributed by atoms with Crippen LogP contribution in [0.5, 0.6) is 5.88 Å². The second-order valence-corrected chi connectivity index (χ2v) is 2.86. The van der Waals surface area contributed by atoms with E-state index >= 15 is 0 Å². The van der Waals surface area contributed by atoms with E-state index in [0.29, 0.717) is 18.3 Å². The van der Waals surface area contributed by atoms with Crippen LogP contribution in [0.15, 0.2) is 24.4 Å². The number of hydrogen-bond acceptors (Lipinski definition) is 4. The molecule has 0 aliphatic carbocycles. The molecule has 2 aromatic heterocycles. The highest BCUT2D eigenvalue weighted by Crippen LogP contribution is 2.22. The van der Waals surface area contributed by atoms with Gasteiger partial charge in [-0.05, 0) is 19.1 Å². The number of ether oxygens (including phenoxy) is 1. The van der Waals surface area contributed by atoms with Gasteiger partial charge in [-0.2, -0.15) is 4.98 Å². The van der Waals surface area contributed by atoms with E-state index in [1.165, 1.54) is 0 Å². The Morgan fingerprint density at radius 1 is 1.50 bits per heavy atom. The van der Waals surface area contributed by atoms with Crippen LogP contribution in [-0.2, 0) is 0 Å². The third-order valence-electron chi connectivity index (χ3n) is 1.86. The van der Waals surface area contributed by atoms with Crippen LogP contribution < -0.4 is 10.5 Å². The van der Waals surface area contributed by atoms with Crippen molar-refractivity contribution in [2.75, 3.05) is 12.3 Å². The Morgan fingerprint density at radius 3 is 3.14 bits per heavy atom. The van der Waals surface area contributed by atoms with Crippen LogP contribution >= 0.6 is 0 Å². The van der Waals surface area contributed by atoms with E-state index in [2.05, 4.69) is 9.97 Å². The summed E-state index contributed by atoms with van der Waals surface area (Å²) in [6.07, 6.45) is 1.71. The van der Waals surface area contributed by atoms with Crippen LogP contribution in [0, 0.1) is 0 Å². The minimum absolute atomic E-state index is 0.453. The molecule has 0 aliphatic rings. The molecule has 0 aliphatic heterocycles. The van der Waals surface area contributed by atoms with E-state index in [9.17, 15) is 0 Å². The lowest BCUT2D eigenvalue weighted by Crippen LogP contribution is -1.99. The van der Waals surface area contributed by atoms with Crippen molar-refractivity contribution in [2.24, 2.45) is 0 Å². The quantitative estimate of drug-likeness (QED) is 0.779. The van der Waals surface area contributed by atoms with Gasteiger partial charge in [0.05, 0.1) is 6.61 Å². The average Bonchev–Trinajstić information content (AvgIpc) is 2.18. The smallest absolute Gasteiger partial charge is 0.242 e. The molecule has 0 spiro atoms. The number of fused-ring (bicyclic) bond motifs is 1. The van der Waals surface area contributed by atoms with Crippen LogP contribution in [0.3, 0.4) is 0 Å². The van der Waals surface area contributed by atoms with Gasteiger partial charge in [-0.1, -0.05) is 6.07 Å². The first kappa shape index (κ1) is 8.74. The number of nitrogens with zero attached hydrogens (tertiary/aromatic N) is 2. The third kappa shape index (κ3) is 1.46. The first-order valence-corrected chi connectivity index (χ1v) is 4.45. The summed E-state index contributed by atoms with van der Waals surface area (Å²) in [6, 6.07) is 5.57. The molecule has 2 heterocycles. The van der Waals surface area contributed by atoms with Gasteiger partial charge >= 0.3 is 0 Å². The van der Waals surface area contributed by atoms with Crippen molar-refractivity contribution in [2.45, 2.75) is 6.92 Å². The molecule has 0 atom stereocenters. The lowest BCUT2D eigenvalue weighted by Gasteiger charge is -2.05. The van der Waals surface area contributed by atoms with Crippen molar-refractivity contribution in [3.8, 4) is 5.88 Å². The summed E-state index contributed by atoms with van der Waals surface area (Å²) < 4.78 is 5.35. The van der Waals surface area contributed by atoms with Gasteiger partial charge in [-0.15, -0.1) is 0 Å². The zero-order valence-electron chi connectivity index (χ0n) is 7.90. The molecule has 2 rings (SSSR count). The summed E-state index contributed by atoms with van der Waals surface area (Å²) >= 11 is 0. The summed E-state index contributed by atoms with van der Waals surface area (Å²) in [5.41, 5.74) is 6.39. The molecular weight excluding hydrogens is 178 g/mol. The predicted octanol–water partition coefficient (Wildman–Crippen LogP) is 1.61. The highest BCUT2D eigenvalue weighted by atomic mass is 16.5. The van der Waals surface area contributed by atoms with E-state index in [1.54, 1.807) is 12.3 Å². The number of aromatic nitrogens is 2. The van der Waals surface area contributed by atoms with Crippen molar-refractivity contribution in [1.29, 1.82) is 0 Å². The maximum absolute atomic E-state index is 5.64. The highest BCUT2D eigenvalue weighted by molar-refractivity contribution is 5.84. The fourth-order valence-corrected chi connectivity index (χ4v) is 1.31. The first-order valence-electron chi connectivity index (χ1n) is 4.45. The van der Waals surface area contributed by atoms with Crippen molar-refractivity contribution in [1.82, 2.24) is 9.97 Å². The van der Waals surface area contributed by atoms with Gasteiger partial charge in [-0.3, -0.25) is 4.98 Å². The summed E-state index contributed by atoms with van der Waals surface area (Å²) in [7, 11) is 0. The molecule has 2 aromatic rings. The van der Waals surface area contributed by atoms with Crippen molar-refractivity contribution >= 4 is 16.7 Å². The zero-order valence-corrected chi connectivity index (χ0v) is 7.90. The molecule has 4 nitrogen and oxygen atoms in total. The second kappa shape index (κ2) is 3.49. The Labute approximate surface area is 81.7 Å². The summed E-state index contributed by atoms with van der Waals surface area (Å²) in [6.45, 7) is 2.46. The highest BCUT2D eigenvalue weighted by Gasteiger charge is 2.05. The molecule has 14 heavy (non-hydrogen) atoms. The monoisotopic (exact) mass is 189 g/mol. The maximum Gasteiger partial charge on any atom is 0.242 e. The minimum Gasteiger partial charge on any atom is -0.476 e. The summed E-state index contributed by atoms with van der Waals surface area (Å²) in [5, 5.41) is 0.948. The number of anilines is 1. The molecule has 0 saturated heterocycles. The summed E-state index contributed by atoms with van der Waals surface area (Å²) in [5.74, 6) is 0.956. The van der Waals surface area contributed by atoms with Gasteiger partial charge in [0.15, 0.2) is 0 Å². The van der Waals surface area contributed by atoms with Crippen LogP contribution in [0.25, 0.3) is 10.9 Å². The molecule has 0 amide bonds. The van der Waals surface area contributed by atoms with Crippen molar-refractivity contribution in [3.63, 3.8) is 0 Å². The normalized spacial score (nSPS) is 10.4. The van der Waals surface area contributed by atoms with Gasteiger partial charge < -0.3 is 10.5 Å².